The first-order valence-electron chi connectivity index (χ1n) is 6.40. The van der Waals surface area contributed by atoms with Crippen LogP contribution in [0.25, 0.3) is 0 Å². The van der Waals surface area contributed by atoms with Crippen molar-refractivity contribution in [1.29, 1.82) is 0 Å². The molecule has 0 aromatic carbocycles. The van der Waals surface area contributed by atoms with Gasteiger partial charge in [0, 0.05) is 25.3 Å². The third kappa shape index (κ3) is 3.58. The molecule has 1 rings (SSSR count). The molecule has 17 heavy (non-hydrogen) atoms. The number of rotatable bonds is 7. The fourth-order valence-electron chi connectivity index (χ4n) is 2.35. The molecule has 0 aliphatic rings. The van der Waals surface area contributed by atoms with Gasteiger partial charge in [-0.05, 0) is 45.7 Å². The van der Waals surface area contributed by atoms with Gasteiger partial charge in [-0.1, -0.05) is 6.92 Å². The Morgan fingerprint density at radius 2 is 1.94 bits per heavy atom. The second-order valence-electron chi connectivity index (χ2n) is 4.50. The third-order valence-corrected chi connectivity index (χ3v) is 3.26. The van der Waals surface area contributed by atoms with Gasteiger partial charge >= 0.3 is 0 Å². The minimum absolute atomic E-state index is 0.382. The molecule has 0 saturated carbocycles. The standard InChI is InChI=1S/C14H25NO2/c1-6-15-13(8-7-9-16-5)14-10(2)11(3)17-12(14)4/h13,15H,6-9H2,1-5H3. The highest BCUT2D eigenvalue weighted by Gasteiger charge is 2.19. The first kappa shape index (κ1) is 14.3. The zero-order valence-corrected chi connectivity index (χ0v) is 11.7. The fraction of sp³-hybridized carbons (Fsp3) is 0.714. The van der Waals surface area contributed by atoms with Crippen molar-refractivity contribution in [3.63, 3.8) is 0 Å². The molecule has 3 heteroatoms. The SMILES string of the molecule is CCNC(CCCOC)c1c(C)oc(C)c1C. The normalized spacial score (nSPS) is 13.0. The number of nitrogens with one attached hydrogen (secondary N) is 1. The van der Waals surface area contributed by atoms with Crippen LogP contribution in [-0.2, 0) is 4.74 Å². The highest BCUT2D eigenvalue weighted by molar-refractivity contribution is 5.34. The smallest absolute Gasteiger partial charge is 0.106 e. The van der Waals surface area contributed by atoms with Crippen LogP contribution in [0.1, 0.15) is 48.5 Å². The van der Waals surface area contributed by atoms with Crippen molar-refractivity contribution in [2.24, 2.45) is 0 Å². The van der Waals surface area contributed by atoms with E-state index in [9.17, 15) is 0 Å². The largest absolute Gasteiger partial charge is 0.466 e. The molecule has 0 saturated heterocycles. The molecule has 1 atom stereocenters. The quantitative estimate of drug-likeness (QED) is 0.741. The summed E-state index contributed by atoms with van der Waals surface area (Å²) in [6.45, 7) is 10.2. The second-order valence-corrected chi connectivity index (χ2v) is 4.50. The molecular formula is C14H25NO2. The van der Waals surface area contributed by atoms with E-state index in [-0.39, 0.29) is 0 Å². The van der Waals surface area contributed by atoms with Crippen LogP contribution < -0.4 is 5.32 Å². The Hall–Kier alpha value is -0.800. The number of hydrogen-bond acceptors (Lipinski definition) is 3. The van der Waals surface area contributed by atoms with Crippen molar-refractivity contribution in [2.75, 3.05) is 20.3 Å². The van der Waals surface area contributed by atoms with Crippen molar-refractivity contribution in [3.8, 4) is 0 Å². The van der Waals surface area contributed by atoms with E-state index in [2.05, 4.69) is 26.1 Å². The lowest BCUT2D eigenvalue weighted by Crippen LogP contribution is -2.22. The maximum Gasteiger partial charge on any atom is 0.106 e. The first-order chi connectivity index (χ1) is 8.11. The average Bonchev–Trinajstić information content (AvgIpc) is 2.53. The minimum atomic E-state index is 0.382. The van der Waals surface area contributed by atoms with Crippen molar-refractivity contribution in [2.45, 2.75) is 46.6 Å². The van der Waals surface area contributed by atoms with Gasteiger partial charge in [0.1, 0.15) is 11.5 Å². The van der Waals surface area contributed by atoms with E-state index in [0.717, 1.165) is 37.5 Å². The Bertz CT molecular complexity index is 344. The van der Waals surface area contributed by atoms with Gasteiger partial charge in [-0.2, -0.15) is 0 Å². The van der Waals surface area contributed by atoms with Gasteiger partial charge in [0.25, 0.3) is 0 Å². The Kier molecular flexibility index (Phi) is 5.72. The number of furan rings is 1. The van der Waals surface area contributed by atoms with Crippen molar-refractivity contribution in [3.05, 3.63) is 22.6 Å². The summed E-state index contributed by atoms with van der Waals surface area (Å²) in [5.74, 6) is 2.08. The second kappa shape index (κ2) is 6.82. The molecule has 0 spiro atoms. The lowest BCUT2D eigenvalue weighted by Gasteiger charge is -2.18. The van der Waals surface area contributed by atoms with E-state index in [1.54, 1.807) is 7.11 Å². The zero-order valence-electron chi connectivity index (χ0n) is 11.7. The van der Waals surface area contributed by atoms with Crippen molar-refractivity contribution < 1.29 is 9.15 Å². The summed E-state index contributed by atoms with van der Waals surface area (Å²) in [5.41, 5.74) is 2.62. The van der Waals surface area contributed by atoms with Gasteiger partial charge in [0.15, 0.2) is 0 Å². The Morgan fingerprint density at radius 3 is 2.41 bits per heavy atom. The number of aryl methyl sites for hydroxylation is 2. The summed E-state index contributed by atoms with van der Waals surface area (Å²) in [7, 11) is 1.75. The number of ether oxygens (including phenoxy) is 1. The lowest BCUT2D eigenvalue weighted by molar-refractivity contribution is 0.188. The van der Waals surface area contributed by atoms with Gasteiger partial charge in [0.05, 0.1) is 0 Å². The summed E-state index contributed by atoms with van der Waals surface area (Å²) < 4.78 is 10.8. The van der Waals surface area contributed by atoms with Crippen molar-refractivity contribution in [1.82, 2.24) is 5.32 Å². The van der Waals surface area contributed by atoms with Crippen LogP contribution in [0.3, 0.4) is 0 Å². The molecule has 0 fully saturated rings. The first-order valence-corrected chi connectivity index (χ1v) is 6.40. The van der Waals surface area contributed by atoms with E-state index >= 15 is 0 Å². The van der Waals surface area contributed by atoms with E-state index in [0.29, 0.717) is 6.04 Å². The topological polar surface area (TPSA) is 34.4 Å². The molecule has 1 aromatic rings. The maximum atomic E-state index is 5.71. The Labute approximate surface area is 105 Å². The maximum absolute atomic E-state index is 5.71. The van der Waals surface area contributed by atoms with Crippen molar-refractivity contribution >= 4 is 0 Å². The molecule has 0 aliphatic carbocycles. The summed E-state index contributed by atoms with van der Waals surface area (Å²) in [4.78, 5) is 0. The van der Waals surface area contributed by atoms with Crippen LogP contribution in [0, 0.1) is 20.8 Å². The highest BCUT2D eigenvalue weighted by Crippen LogP contribution is 2.29. The average molecular weight is 239 g/mol. The summed E-state index contributed by atoms with van der Waals surface area (Å²) in [5, 5.41) is 3.54. The monoisotopic (exact) mass is 239 g/mol. The molecule has 1 N–H and O–H groups in total. The minimum Gasteiger partial charge on any atom is -0.466 e. The molecule has 3 nitrogen and oxygen atoms in total. The van der Waals surface area contributed by atoms with Crippen LogP contribution in [-0.4, -0.2) is 20.3 Å². The van der Waals surface area contributed by atoms with E-state index < -0.39 is 0 Å². The van der Waals surface area contributed by atoms with Crippen LogP contribution in [0.15, 0.2) is 4.42 Å². The van der Waals surface area contributed by atoms with Gasteiger partial charge in [-0.15, -0.1) is 0 Å². The van der Waals surface area contributed by atoms with E-state index in [1.165, 1.54) is 11.1 Å². The van der Waals surface area contributed by atoms with Gasteiger partial charge < -0.3 is 14.5 Å². The molecule has 0 bridgehead atoms. The predicted molar refractivity (Wildman–Crippen MR) is 70.4 cm³/mol. The molecule has 1 unspecified atom stereocenters. The Balaban J connectivity index is 2.81. The molecule has 0 aliphatic heterocycles. The van der Waals surface area contributed by atoms with Crippen LogP contribution >= 0.6 is 0 Å². The Morgan fingerprint density at radius 1 is 1.24 bits per heavy atom. The van der Waals surface area contributed by atoms with Gasteiger partial charge in [-0.25, -0.2) is 0 Å². The highest BCUT2D eigenvalue weighted by atomic mass is 16.5. The molecule has 0 amide bonds. The number of hydrogen-bond donors (Lipinski definition) is 1. The molecule has 1 heterocycles. The van der Waals surface area contributed by atoms with E-state index in [1.807, 2.05) is 6.92 Å². The predicted octanol–water partition coefficient (Wildman–Crippen LogP) is 3.28. The summed E-state index contributed by atoms with van der Waals surface area (Å²) in [6, 6.07) is 0.382. The van der Waals surface area contributed by atoms with E-state index in [4.69, 9.17) is 9.15 Å². The fourth-order valence-corrected chi connectivity index (χ4v) is 2.35. The summed E-state index contributed by atoms with van der Waals surface area (Å²) >= 11 is 0. The van der Waals surface area contributed by atoms with Crippen LogP contribution in [0.5, 0.6) is 0 Å². The van der Waals surface area contributed by atoms with Crippen LogP contribution in [0.2, 0.25) is 0 Å². The molecule has 1 aromatic heterocycles. The van der Waals surface area contributed by atoms with Gasteiger partial charge in [-0.3, -0.25) is 0 Å². The van der Waals surface area contributed by atoms with Crippen LogP contribution in [0.4, 0.5) is 0 Å². The lowest BCUT2D eigenvalue weighted by atomic mass is 9.98. The summed E-state index contributed by atoms with van der Waals surface area (Å²) in [6.07, 6.45) is 2.15. The molecular weight excluding hydrogens is 214 g/mol. The third-order valence-electron chi connectivity index (χ3n) is 3.26. The molecule has 98 valence electrons. The zero-order chi connectivity index (χ0) is 12.8. The number of methoxy groups -OCH3 is 1. The molecule has 0 radical (unpaired) electrons. The van der Waals surface area contributed by atoms with Gasteiger partial charge in [0.2, 0.25) is 0 Å².